The number of hydrogen-bond acceptors (Lipinski definition) is 7. The van der Waals surface area contributed by atoms with Crippen molar-refractivity contribution < 1.29 is 36.4 Å². The molecule has 0 saturated carbocycles. The first-order chi connectivity index (χ1) is 14.2. The molecule has 2 fully saturated rings. The van der Waals surface area contributed by atoms with Gasteiger partial charge in [-0.2, -0.15) is 13.5 Å². The van der Waals surface area contributed by atoms with E-state index in [1.165, 1.54) is 0 Å². The van der Waals surface area contributed by atoms with Crippen molar-refractivity contribution >= 4 is 28.2 Å². The fraction of sp³-hybridized carbons (Fsp3) is 0.471. The Bertz CT molecular complexity index is 937. The van der Waals surface area contributed by atoms with Crippen LogP contribution in [0.15, 0.2) is 24.3 Å². The minimum Gasteiger partial charge on any atom is -0.494 e. The van der Waals surface area contributed by atoms with E-state index in [1.54, 1.807) is 24.3 Å². The molecule has 0 spiro atoms. The van der Waals surface area contributed by atoms with E-state index in [0.717, 1.165) is 4.90 Å². The predicted octanol–water partition coefficient (Wildman–Crippen LogP) is -0.222. The average Bonchev–Trinajstić information content (AvgIpc) is 2.91. The van der Waals surface area contributed by atoms with Crippen LogP contribution in [0.3, 0.4) is 0 Å². The van der Waals surface area contributed by atoms with Crippen LogP contribution in [0.1, 0.15) is 25.3 Å². The Kier molecular flexibility index (Phi) is 6.43. The number of carbonyl (C=O) groups is 3. The zero-order valence-corrected chi connectivity index (χ0v) is 16.9. The standard InChI is InChI=1S/C17H22N4O8S/c1-2-28-14-6-4-3-5-11(14)9-15(22)18-19-16(23)13-8-7-12-10-20(13)17(24)21(12)29-30(25,26)27/h3-6,12-13H,2,7-10H2,1H3,(H,18,22)(H,19,23)(H,25,26,27)/t12-,13+/m1/s1. The van der Waals surface area contributed by atoms with Crippen LogP contribution in [0.25, 0.3) is 0 Å². The molecule has 0 aliphatic carbocycles. The van der Waals surface area contributed by atoms with Crippen LogP contribution in [0.2, 0.25) is 0 Å². The van der Waals surface area contributed by atoms with Crippen LogP contribution >= 0.6 is 0 Å². The molecule has 30 heavy (non-hydrogen) atoms. The molecule has 0 aromatic heterocycles. The molecule has 2 heterocycles. The van der Waals surface area contributed by atoms with Crippen LogP contribution in [-0.2, 0) is 30.7 Å². The number of hydrazine groups is 1. The number of fused-ring (bicyclic) bond motifs is 2. The summed E-state index contributed by atoms with van der Waals surface area (Å²) in [5.41, 5.74) is 5.25. The van der Waals surface area contributed by atoms with E-state index in [-0.39, 0.29) is 25.8 Å². The quantitative estimate of drug-likeness (QED) is 0.387. The minimum absolute atomic E-state index is 0.0260. The van der Waals surface area contributed by atoms with Crippen molar-refractivity contribution in [3.8, 4) is 5.75 Å². The number of nitrogens with one attached hydrogen (secondary N) is 2. The fourth-order valence-electron chi connectivity index (χ4n) is 3.48. The molecule has 12 nitrogen and oxygen atoms in total. The molecule has 2 aliphatic heterocycles. The Labute approximate surface area is 173 Å². The zero-order chi connectivity index (χ0) is 21.9. The Balaban J connectivity index is 1.56. The maximum Gasteiger partial charge on any atom is 0.418 e. The summed E-state index contributed by atoms with van der Waals surface area (Å²) in [6, 6.07) is 4.65. The fourth-order valence-corrected chi connectivity index (χ4v) is 3.87. The molecule has 3 N–H and O–H groups in total. The lowest BCUT2D eigenvalue weighted by atomic mass is 10.0. The lowest BCUT2D eigenvalue weighted by Gasteiger charge is -2.29. The SMILES string of the molecule is CCOc1ccccc1CC(=O)NNC(=O)[C@@H]1CC[C@@H]2CN1C(=O)N2OS(=O)(=O)O. The van der Waals surface area contributed by atoms with Crippen LogP contribution in [0.4, 0.5) is 4.79 Å². The number of benzene rings is 1. The van der Waals surface area contributed by atoms with Gasteiger partial charge in [-0.05, 0) is 25.8 Å². The maximum atomic E-state index is 12.5. The van der Waals surface area contributed by atoms with Gasteiger partial charge < -0.3 is 9.64 Å². The van der Waals surface area contributed by atoms with Crippen LogP contribution < -0.4 is 15.6 Å². The Morgan fingerprint density at radius 3 is 2.67 bits per heavy atom. The molecule has 0 radical (unpaired) electrons. The molecule has 2 bridgehead atoms. The van der Waals surface area contributed by atoms with E-state index < -0.39 is 40.3 Å². The molecular formula is C17H22N4O8S. The zero-order valence-electron chi connectivity index (χ0n) is 16.1. The van der Waals surface area contributed by atoms with E-state index >= 15 is 0 Å². The highest BCUT2D eigenvalue weighted by Crippen LogP contribution is 2.30. The molecule has 2 saturated heterocycles. The molecule has 1 aromatic rings. The smallest absolute Gasteiger partial charge is 0.418 e. The molecule has 0 unspecified atom stereocenters. The number of para-hydroxylation sites is 1. The van der Waals surface area contributed by atoms with Crippen molar-refractivity contribution in [3.63, 3.8) is 0 Å². The van der Waals surface area contributed by atoms with E-state index in [0.29, 0.717) is 23.0 Å². The lowest BCUT2D eigenvalue weighted by Crippen LogP contribution is -2.54. The summed E-state index contributed by atoms with van der Waals surface area (Å²) in [6.07, 6.45) is 0.490. The van der Waals surface area contributed by atoms with Gasteiger partial charge in [-0.1, -0.05) is 18.2 Å². The molecule has 1 aromatic carbocycles. The lowest BCUT2D eigenvalue weighted by molar-refractivity contribution is -0.131. The highest BCUT2D eigenvalue weighted by atomic mass is 32.3. The highest BCUT2D eigenvalue weighted by Gasteiger charge is 2.49. The van der Waals surface area contributed by atoms with Crippen molar-refractivity contribution in [2.75, 3.05) is 13.2 Å². The third-order valence-electron chi connectivity index (χ3n) is 4.75. The summed E-state index contributed by atoms with van der Waals surface area (Å²) in [7, 11) is -4.87. The second-order valence-corrected chi connectivity index (χ2v) is 7.77. The van der Waals surface area contributed by atoms with Crippen molar-refractivity contribution in [2.45, 2.75) is 38.3 Å². The van der Waals surface area contributed by atoms with Gasteiger partial charge in [0.25, 0.3) is 5.91 Å². The number of urea groups is 1. The normalized spacial score (nSPS) is 20.8. The number of rotatable bonds is 7. The summed E-state index contributed by atoms with van der Waals surface area (Å²) in [6.45, 7) is 2.33. The maximum absolute atomic E-state index is 12.5. The largest absolute Gasteiger partial charge is 0.494 e. The van der Waals surface area contributed by atoms with Gasteiger partial charge >= 0.3 is 16.4 Å². The second-order valence-electron chi connectivity index (χ2n) is 6.76. The molecule has 2 atom stereocenters. The molecule has 13 heteroatoms. The number of carbonyl (C=O) groups excluding carboxylic acids is 3. The van der Waals surface area contributed by atoms with Gasteiger partial charge in [-0.15, -0.1) is 4.28 Å². The Morgan fingerprint density at radius 1 is 1.23 bits per heavy atom. The number of ether oxygens (including phenoxy) is 1. The van der Waals surface area contributed by atoms with Gasteiger partial charge in [-0.3, -0.25) is 25.0 Å². The van der Waals surface area contributed by atoms with E-state index in [1.807, 2.05) is 6.92 Å². The highest BCUT2D eigenvalue weighted by molar-refractivity contribution is 7.80. The van der Waals surface area contributed by atoms with Crippen molar-refractivity contribution in [3.05, 3.63) is 29.8 Å². The van der Waals surface area contributed by atoms with Gasteiger partial charge in [0.1, 0.15) is 11.8 Å². The van der Waals surface area contributed by atoms with E-state index in [9.17, 15) is 22.8 Å². The topological polar surface area (TPSA) is 155 Å². The van der Waals surface area contributed by atoms with Gasteiger partial charge in [0.15, 0.2) is 0 Å². The number of amides is 4. The summed E-state index contributed by atoms with van der Waals surface area (Å²) in [5, 5.41) is 0.547. The first-order valence-electron chi connectivity index (χ1n) is 9.26. The molecule has 2 aliphatic rings. The second kappa shape index (κ2) is 8.85. The summed E-state index contributed by atoms with van der Waals surface area (Å²) in [4.78, 5) is 38.1. The molecular weight excluding hydrogens is 420 g/mol. The number of hydroxylamine groups is 2. The van der Waals surface area contributed by atoms with Gasteiger partial charge in [0.05, 0.1) is 19.1 Å². The van der Waals surface area contributed by atoms with Crippen LogP contribution in [0, 0.1) is 0 Å². The Hall–Kier alpha value is -2.90. The van der Waals surface area contributed by atoms with Gasteiger partial charge in [0.2, 0.25) is 5.91 Å². The number of nitrogens with zero attached hydrogens (tertiary/aromatic N) is 2. The first kappa shape index (κ1) is 21.8. The van der Waals surface area contributed by atoms with Gasteiger partial charge in [-0.25, -0.2) is 4.79 Å². The summed E-state index contributed by atoms with van der Waals surface area (Å²) in [5.74, 6) is -0.531. The number of hydrogen-bond donors (Lipinski definition) is 3. The molecule has 164 valence electrons. The Morgan fingerprint density at radius 2 is 1.97 bits per heavy atom. The summed E-state index contributed by atoms with van der Waals surface area (Å²) >= 11 is 0. The number of piperidine rings is 1. The summed E-state index contributed by atoms with van der Waals surface area (Å²) < 4.78 is 40.4. The van der Waals surface area contributed by atoms with Gasteiger partial charge in [0, 0.05) is 12.1 Å². The van der Waals surface area contributed by atoms with E-state index in [4.69, 9.17) is 9.29 Å². The van der Waals surface area contributed by atoms with Crippen LogP contribution in [-0.4, -0.2) is 66.0 Å². The minimum atomic E-state index is -4.87. The van der Waals surface area contributed by atoms with Crippen molar-refractivity contribution in [1.29, 1.82) is 0 Å². The first-order valence-corrected chi connectivity index (χ1v) is 10.6. The monoisotopic (exact) mass is 442 g/mol. The van der Waals surface area contributed by atoms with Crippen LogP contribution in [0.5, 0.6) is 5.75 Å². The van der Waals surface area contributed by atoms with E-state index in [2.05, 4.69) is 15.1 Å². The third-order valence-corrected chi connectivity index (χ3v) is 5.10. The average molecular weight is 442 g/mol. The van der Waals surface area contributed by atoms with Crippen molar-refractivity contribution in [2.24, 2.45) is 0 Å². The third kappa shape index (κ3) is 4.98. The van der Waals surface area contributed by atoms with Crippen molar-refractivity contribution in [1.82, 2.24) is 20.8 Å². The molecule has 3 rings (SSSR count). The molecule has 4 amide bonds. The predicted molar refractivity (Wildman–Crippen MR) is 101 cm³/mol.